The summed E-state index contributed by atoms with van der Waals surface area (Å²) in [7, 11) is 0. The predicted octanol–water partition coefficient (Wildman–Crippen LogP) is 4.29. The highest BCUT2D eigenvalue weighted by Crippen LogP contribution is 2.21. The third-order valence-corrected chi connectivity index (χ3v) is 2.98. The fourth-order valence-electron chi connectivity index (χ4n) is 0.983. The molecule has 0 aromatic heterocycles. The number of benzene rings is 1. The van der Waals surface area contributed by atoms with Gasteiger partial charge in [0.25, 0.3) is 0 Å². The third-order valence-electron chi connectivity index (χ3n) is 1.64. The summed E-state index contributed by atoms with van der Waals surface area (Å²) in [6.45, 7) is 1.55. The molecule has 1 nitrogen and oxygen atoms in total. The van der Waals surface area contributed by atoms with Crippen LogP contribution < -0.4 is 0 Å². The van der Waals surface area contributed by atoms with Crippen molar-refractivity contribution in [2.75, 3.05) is 5.75 Å². The van der Waals surface area contributed by atoms with E-state index in [1.165, 1.54) is 11.8 Å². The molecule has 1 rings (SSSR count). The predicted molar refractivity (Wildman–Crippen MR) is 68.6 cm³/mol. The summed E-state index contributed by atoms with van der Waals surface area (Å²) < 4.78 is 0. The van der Waals surface area contributed by atoms with E-state index in [-0.39, 0.29) is 5.12 Å². The van der Waals surface area contributed by atoms with Crippen LogP contribution in [0.25, 0.3) is 6.08 Å². The molecule has 0 saturated carbocycles. The first kappa shape index (κ1) is 12.6. The highest BCUT2D eigenvalue weighted by Gasteiger charge is 1.97. The van der Waals surface area contributed by atoms with Crippen molar-refractivity contribution in [1.29, 1.82) is 0 Å². The Labute approximate surface area is 103 Å². The monoisotopic (exact) mass is 260 g/mol. The fourth-order valence-corrected chi connectivity index (χ4v) is 1.77. The van der Waals surface area contributed by atoms with E-state index in [0.717, 1.165) is 5.56 Å². The normalized spacial score (nSPS) is 10.9. The minimum absolute atomic E-state index is 0.108. The number of carbonyl (C=O) groups excluding carboxylic acids is 1. The van der Waals surface area contributed by atoms with Crippen molar-refractivity contribution in [2.24, 2.45) is 0 Å². The van der Waals surface area contributed by atoms with E-state index in [4.69, 9.17) is 23.2 Å². The maximum atomic E-state index is 10.7. The quantitative estimate of drug-likeness (QED) is 0.807. The van der Waals surface area contributed by atoms with Gasteiger partial charge in [-0.05, 0) is 23.8 Å². The Kier molecular flexibility index (Phi) is 5.23. The Morgan fingerprint density at radius 3 is 2.87 bits per heavy atom. The molecule has 0 heterocycles. The van der Waals surface area contributed by atoms with Crippen LogP contribution >= 0.6 is 35.0 Å². The summed E-state index contributed by atoms with van der Waals surface area (Å²) in [5.74, 6) is 0.651. The molecule has 0 aliphatic heterocycles. The molecule has 1 aromatic carbocycles. The smallest absolute Gasteiger partial charge is 0.186 e. The van der Waals surface area contributed by atoms with Gasteiger partial charge in [-0.15, -0.1) is 0 Å². The van der Waals surface area contributed by atoms with E-state index >= 15 is 0 Å². The van der Waals surface area contributed by atoms with Gasteiger partial charge in [0, 0.05) is 22.7 Å². The highest BCUT2D eigenvalue weighted by molar-refractivity contribution is 8.13. The molecule has 1 aromatic rings. The molecular formula is C11H10Cl2OS. The molecule has 0 atom stereocenters. The first-order valence-electron chi connectivity index (χ1n) is 4.34. The lowest BCUT2D eigenvalue weighted by Crippen LogP contribution is -1.82. The van der Waals surface area contributed by atoms with Crippen molar-refractivity contribution in [1.82, 2.24) is 0 Å². The summed E-state index contributed by atoms with van der Waals surface area (Å²) in [4.78, 5) is 10.7. The minimum atomic E-state index is 0.108. The largest absolute Gasteiger partial charge is 0.288 e. The summed E-state index contributed by atoms with van der Waals surface area (Å²) >= 11 is 13.0. The molecule has 80 valence electrons. The van der Waals surface area contributed by atoms with Crippen molar-refractivity contribution in [3.63, 3.8) is 0 Å². The molecule has 0 amide bonds. The first-order chi connectivity index (χ1) is 7.09. The molecule has 0 unspecified atom stereocenters. The average molecular weight is 261 g/mol. The second-order valence-electron chi connectivity index (χ2n) is 2.87. The summed E-state index contributed by atoms with van der Waals surface area (Å²) in [5.41, 5.74) is 0.869. The zero-order chi connectivity index (χ0) is 11.3. The van der Waals surface area contributed by atoms with Crippen LogP contribution in [0.15, 0.2) is 24.3 Å². The topological polar surface area (TPSA) is 17.1 Å². The lowest BCUT2D eigenvalue weighted by Gasteiger charge is -1.98. The van der Waals surface area contributed by atoms with Gasteiger partial charge in [0.1, 0.15) is 0 Å². The Morgan fingerprint density at radius 1 is 1.47 bits per heavy atom. The van der Waals surface area contributed by atoms with E-state index in [2.05, 4.69) is 0 Å². The highest BCUT2D eigenvalue weighted by atomic mass is 35.5. The lowest BCUT2D eigenvalue weighted by atomic mass is 10.2. The molecule has 15 heavy (non-hydrogen) atoms. The number of carbonyl (C=O) groups is 1. The van der Waals surface area contributed by atoms with Crippen LogP contribution in [0.2, 0.25) is 10.0 Å². The van der Waals surface area contributed by atoms with Gasteiger partial charge < -0.3 is 0 Å². The van der Waals surface area contributed by atoms with Crippen molar-refractivity contribution in [3.8, 4) is 0 Å². The van der Waals surface area contributed by atoms with E-state index < -0.39 is 0 Å². The van der Waals surface area contributed by atoms with Gasteiger partial charge in [-0.3, -0.25) is 4.79 Å². The van der Waals surface area contributed by atoms with Gasteiger partial charge >= 0.3 is 0 Å². The molecule has 0 N–H and O–H groups in total. The van der Waals surface area contributed by atoms with E-state index in [1.54, 1.807) is 25.1 Å². The van der Waals surface area contributed by atoms with Crippen LogP contribution in [0.1, 0.15) is 12.5 Å². The molecule has 0 spiro atoms. The van der Waals surface area contributed by atoms with Crippen LogP contribution in [-0.4, -0.2) is 10.9 Å². The van der Waals surface area contributed by atoms with Crippen LogP contribution in [0, 0.1) is 0 Å². The van der Waals surface area contributed by atoms with Crippen molar-refractivity contribution in [2.45, 2.75) is 6.92 Å². The minimum Gasteiger partial charge on any atom is -0.288 e. The van der Waals surface area contributed by atoms with Gasteiger partial charge in [-0.25, -0.2) is 0 Å². The summed E-state index contributed by atoms with van der Waals surface area (Å²) in [6.07, 6.45) is 3.76. The standard InChI is InChI=1S/C11H10Cl2OS/c1-8(14)15-6-2-3-9-7-10(12)4-5-11(9)13/h2-5,7H,6H2,1H3. The second kappa shape index (κ2) is 6.21. The first-order valence-corrected chi connectivity index (χ1v) is 6.08. The van der Waals surface area contributed by atoms with Crippen LogP contribution in [-0.2, 0) is 4.79 Å². The van der Waals surface area contributed by atoms with Gasteiger partial charge in [0.2, 0.25) is 0 Å². The summed E-state index contributed by atoms with van der Waals surface area (Å²) in [5, 5.41) is 1.42. The van der Waals surface area contributed by atoms with Gasteiger partial charge in [0.05, 0.1) is 0 Å². The molecule has 0 radical (unpaired) electrons. The number of hydrogen-bond acceptors (Lipinski definition) is 2. The summed E-state index contributed by atoms with van der Waals surface area (Å²) in [6, 6.07) is 5.28. The molecule has 4 heteroatoms. The van der Waals surface area contributed by atoms with Crippen molar-refractivity contribution >= 4 is 46.2 Å². The van der Waals surface area contributed by atoms with E-state index in [1.807, 2.05) is 12.2 Å². The second-order valence-corrected chi connectivity index (χ2v) is 4.91. The Bertz CT molecular complexity index is 388. The van der Waals surface area contributed by atoms with Crippen molar-refractivity contribution in [3.05, 3.63) is 39.9 Å². The van der Waals surface area contributed by atoms with Crippen LogP contribution in [0.4, 0.5) is 0 Å². The number of rotatable bonds is 3. The molecule has 0 saturated heterocycles. The Hall–Kier alpha value is -0.440. The van der Waals surface area contributed by atoms with Gasteiger partial charge in [-0.2, -0.15) is 0 Å². The zero-order valence-electron chi connectivity index (χ0n) is 8.17. The molecule has 0 fully saturated rings. The molecular weight excluding hydrogens is 251 g/mol. The number of halogens is 2. The van der Waals surface area contributed by atoms with E-state index in [9.17, 15) is 4.79 Å². The molecule has 0 aliphatic rings. The maximum Gasteiger partial charge on any atom is 0.186 e. The molecule has 0 bridgehead atoms. The Morgan fingerprint density at radius 2 is 2.20 bits per heavy atom. The Balaban J connectivity index is 2.63. The molecule has 0 aliphatic carbocycles. The zero-order valence-corrected chi connectivity index (χ0v) is 10.5. The fraction of sp³-hybridized carbons (Fsp3) is 0.182. The van der Waals surface area contributed by atoms with Crippen molar-refractivity contribution < 1.29 is 4.79 Å². The maximum absolute atomic E-state index is 10.7. The van der Waals surface area contributed by atoms with E-state index in [0.29, 0.717) is 15.8 Å². The van der Waals surface area contributed by atoms with Crippen LogP contribution in [0.3, 0.4) is 0 Å². The van der Waals surface area contributed by atoms with Gasteiger partial charge in [-0.1, -0.05) is 47.1 Å². The van der Waals surface area contributed by atoms with Gasteiger partial charge in [0.15, 0.2) is 5.12 Å². The number of thioether (sulfide) groups is 1. The third kappa shape index (κ3) is 4.74. The average Bonchev–Trinajstić information content (AvgIpc) is 2.17. The lowest BCUT2D eigenvalue weighted by molar-refractivity contribution is -0.109. The van der Waals surface area contributed by atoms with Crippen LogP contribution in [0.5, 0.6) is 0 Å². The SMILES string of the molecule is CC(=O)SCC=Cc1cc(Cl)ccc1Cl. The number of hydrogen-bond donors (Lipinski definition) is 0.